The third-order valence-electron chi connectivity index (χ3n) is 5.21. The normalized spacial score (nSPS) is 13.2. The van der Waals surface area contributed by atoms with E-state index in [1.54, 1.807) is 24.3 Å². The monoisotopic (exact) mass is 482 g/mol. The number of hydrogen-bond acceptors (Lipinski definition) is 6. The standard InChI is InChI=1S/C26H28NO6P/c1-19(22-8-5-9-23(14-22)26(29)30)27-15-24(28)18-34(31)17-21-10-12-25(13-11-21)33-32-16-20-6-3-2-4-7-20/h2-14,19,24,27-28H,15-18H2,1H3/p+1/t19-,24+/m1/s1. The van der Waals surface area contributed by atoms with Crippen LogP contribution in [0, 0.1) is 0 Å². The van der Waals surface area contributed by atoms with Gasteiger partial charge in [0.15, 0.2) is 18.1 Å². The Hall–Kier alpha value is -3.09. The van der Waals surface area contributed by atoms with Crippen molar-refractivity contribution in [2.24, 2.45) is 0 Å². The Morgan fingerprint density at radius 1 is 1.00 bits per heavy atom. The number of aliphatic hydroxyl groups is 1. The van der Waals surface area contributed by atoms with Crippen molar-refractivity contribution in [3.05, 3.63) is 101 Å². The zero-order valence-electron chi connectivity index (χ0n) is 19.0. The summed E-state index contributed by atoms with van der Waals surface area (Å²) in [4.78, 5) is 21.7. The molecule has 0 aliphatic heterocycles. The van der Waals surface area contributed by atoms with Crippen molar-refractivity contribution < 1.29 is 29.3 Å². The van der Waals surface area contributed by atoms with Crippen molar-refractivity contribution in [2.75, 3.05) is 12.7 Å². The van der Waals surface area contributed by atoms with E-state index in [1.165, 1.54) is 6.07 Å². The van der Waals surface area contributed by atoms with Gasteiger partial charge >= 0.3 is 13.8 Å². The highest BCUT2D eigenvalue weighted by atomic mass is 31.1. The molecule has 0 amide bonds. The van der Waals surface area contributed by atoms with Crippen molar-refractivity contribution in [2.45, 2.75) is 31.8 Å². The Kier molecular flexibility index (Phi) is 9.74. The topological polar surface area (TPSA) is 105 Å². The Balaban J connectivity index is 1.38. The number of rotatable bonds is 13. The Bertz CT molecular complexity index is 1070. The van der Waals surface area contributed by atoms with E-state index in [-0.39, 0.29) is 24.3 Å². The van der Waals surface area contributed by atoms with Crippen LogP contribution in [-0.4, -0.2) is 35.0 Å². The summed E-state index contributed by atoms with van der Waals surface area (Å²) < 4.78 is 12.5. The van der Waals surface area contributed by atoms with Gasteiger partial charge in [-0.1, -0.05) is 59.2 Å². The van der Waals surface area contributed by atoms with E-state index in [9.17, 15) is 14.5 Å². The minimum atomic E-state index is -1.64. The Morgan fingerprint density at radius 2 is 1.74 bits per heavy atom. The minimum absolute atomic E-state index is 0.150. The van der Waals surface area contributed by atoms with E-state index in [0.29, 0.717) is 18.5 Å². The van der Waals surface area contributed by atoms with Crippen LogP contribution in [0.3, 0.4) is 0 Å². The molecule has 3 N–H and O–H groups in total. The number of aromatic carboxylic acids is 1. The Labute approximate surface area is 200 Å². The van der Waals surface area contributed by atoms with Gasteiger partial charge < -0.3 is 20.4 Å². The smallest absolute Gasteiger partial charge is 0.346 e. The lowest BCUT2D eigenvalue weighted by Crippen LogP contribution is -2.30. The number of carboxylic acid groups (broad SMARTS) is 1. The van der Waals surface area contributed by atoms with Crippen molar-refractivity contribution in [1.82, 2.24) is 5.32 Å². The number of benzene rings is 3. The first-order valence-corrected chi connectivity index (χ1v) is 12.6. The third-order valence-corrected chi connectivity index (χ3v) is 6.76. The number of carbonyl (C=O) groups is 1. The van der Waals surface area contributed by atoms with Crippen LogP contribution in [0.1, 0.15) is 40.0 Å². The van der Waals surface area contributed by atoms with Crippen molar-refractivity contribution in [3.8, 4) is 5.75 Å². The van der Waals surface area contributed by atoms with Crippen LogP contribution in [0.25, 0.3) is 0 Å². The molecule has 0 heterocycles. The molecule has 178 valence electrons. The van der Waals surface area contributed by atoms with Crippen LogP contribution < -0.4 is 10.2 Å². The summed E-state index contributed by atoms with van der Waals surface area (Å²) in [5.41, 5.74) is 2.92. The molecule has 0 fully saturated rings. The highest BCUT2D eigenvalue weighted by molar-refractivity contribution is 7.43. The first kappa shape index (κ1) is 25.5. The maximum absolute atomic E-state index is 12.5. The molecule has 0 aliphatic carbocycles. The second-order valence-electron chi connectivity index (χ2n) is 8.01. The third kappa shape index (κ3) is 8.36. The van der Waals surface area contributed by atoms with Crippen LogP contribution in [0.2, 0.25) is 0 Å². The minimum Gasteiger partial charge on any atom is -0.478 e. The fourth-order valence-electron chi connectivity index (χ4n) is 3.33. The van der Waals surface area contributed by atoms with Crippen LogP contribution in [0.15, 0.2) is 78.9 Å². The molecule has 0 bridgehead atoms. The Morgan fingerprint density at radius 3 is 2.44 bits per heavy atom. The fourth-order valence-corrected chi connectivity index (χ4v) is 4.68. The van der Waals surface area contributed by atoms with E-state index in [2.05, 4.69) is 5.32 Å². The van der Waals surface area contributed by atoms with Crippen LogP contribution >= 0.6 is 7.80 Å². The number of hydrogen-bond donors (Lipinski definition) is 3. The lowest BCUT2D eigenvalue weighted by atomic mass is 10.1. The van der Waals surface area contributed by atoms with Crippen LogP contribution in [0.5, 0.6) is 5.75 Å². The predicted molar refractivity (Wildman–Crippen MR) is 130 cm³/mol. The zero-order chi connectivity index (χ0) is 24.3. The van der Waals surface area contributed by atoms with Crippen molar-refractivity contribution >= 4 is 13.8 Å². The average molecular weight is 482 g/mol. The quantitative estimate of drug-likeness (QED) is 0.180. The molecule has 3 aromatic rings. The maximum Gasteiger partial charge on any atom is 0.346 e. The molecule has 34 heavy (non-hydrogen) atoms. The molecule has 3 aromatic carbocycles. The second kappa shape index (κ2) is 13.0. The SMILES string of the molecule is C[C@@H](NC[C@H](O)C[P+](=O)Cc1ccc(OOCc2ccccc2)cc1)c1cccc(C(=O)O)c1. The molecule has 0 radical (unpaired) electrons. The number of carboxylic acids is 1. The van der Waals surface area contributed by atoms with Gasteiger partial charge in [0.05, 0.1) is 5.56 Å². The van der Waals surface area contributed by atoms with Crippen LogP contribution in [0.4, 0.5) is 0 Å². The maximum atomic E-state index is 12.5. The zero-order valence-corrected chi connectivity index (χ0v) is 19.9. The van der Waals surface area contributed by atoms with E-state index in [0.717, 1.165) is 16.7 Å². The fraction of sp³-hybridized carbons (Fsp3) is 0.269. The summed E-state index contributed by atoms with van der Waals surface area (Å²) in [6, 6.07) is 23.4. The lowest BCUT2D eigenvalue weighted by Gasteiger charge is -2.16. The van der Waals surface area contributed by atoms with Crippen molar-refractivity contribution in [3.63, 3.8) is 0 Å². The predicted octanol–water partition coefficient (Wildman–Crippen LogP) is 4.93. The highest BCUT2D eigenvalue weighted by Gasteiger charge is 2.22. The molecule has 3 atom stereocenters. The molecule has 0 saturated carbocycles. The molecule has 0 aliphatic rings. The van der Waals surface area contributed by atoms with E-state index in [4.69, 9.17) is 14.9 Å². The molecular formula is C26H29NO6P+. The second-order valence-corrected chi connectivity index (χ2v) is 9.66. The van der Waals surface area contributed by atoms with Gasteiger partial charge in [0.2, 0.25) is 0 Å². The van der Waals surface area contributed by atoms with Gasteiger partial charge in [-0.2, -0.15) is 4.89 Å². The number of aliphatic hydroxyl groups excluding tert-OH is 1. The molecule has 7 nitrogen and oxygen atoms in total. The molecular weight excluding hydrogens is 453 g/mol. The van der Waals surface area contributed by atoms with Crippen molar-refractivity contribution in [1.29, 1.82) is 0 Å². The first-order valence-electron chi connectivity index (χ1n) is 11.0. The van der Waals surface area contributed by atoms with Crippen LogP contribution in [-0.2, 0) is 22.2 Å². The molecule has 8 heteroatoms. The highest BCUT2D eigenvalue weighted by Crippen LogP contribution is 2.28. The summed E-state index contributed by atoms with van der Waals surface area (Å²) in [6.45, 7) is 2.48. The van der Waals surface area contributed by atoms with E-state index >= 15 is 0 Å². The van der Waals surface area contributed by atoms with Gasteiger partial charge in [0.25, 0.3) is 0 Å². The summed E-state index contributed by atoms with van der Waals surface area (Å²) >= 11 is 0. The molecule has 3 rings (SSSR count). The van der Waals surface area contributed by atoms with Gasteiger partial charge in [-0.3, -0.25) is 0 Å². The molecule has 0 aromatic heterocycles. The van der Waals surface area contributed by atoms with Gasteiger partial charge in [0, 0.05) is 12.6 Å². The summed E-state index contributed by atoms with van der Waals surface area (Å²) in [5.74, 6) is -0.425. The van der Waals surface area contributed by atoms with E-state index < -0.39 is 19.9 Å². The molecule has 1 unspecified atom stereocenters. The van der Waals surface area contributed by atoms with Gasteiger partial charge in [0.1, 0.15) is 12.7 Å². The van der Waals surface area contributed by atoms with Gasteiger partial charge in [-0.15, -0.1) is 0 Å². The van der Waals surface area contributed by atoms with E-state index in [1.807, 2.05) is 55.5 Å². The van der Waals surface area contributed by atoms with Gasteiger partial charge in [-0.25, -0.2) is 4.79 Å². The average Bonchev–Trinajstić information content (AvgIpc) is 2.84. The van der Waals surface area contributed by atoms with Gasteiger partial charge in [-0.05, 0) is 47.9 Å². The summed E-state index contributed by atoms with van der Waals surface area (Å²) in [5, 5.41) is 22.6. The lowest BCUT2D eigenvalue weighted by molar-refractivity contribution is -0.217. The first-order chi connectivity index (χ1) is 16.4. The molecule has 0 spiro atoms. The summed E-state index contributed by atoms with van der Waals surface area (Å²) in [7, 11) is -1.64. The molecule has 0 saturated heterocycles. The number of nitrogens with one attached hydrogen (secondary N) is 1. The largest absolute Gasteiger partial charge is 0.478 e. The summed E-state index contributed by atoms with van der Waals surface area (Å²) in [6.07, 6.45) is -0.251.